The van der Waals surface area contributed by atoms with Gasteiger partial charge < -0.3 is 9.80 Å². The predicted molar refractivity (Wildman–Crippen MR) is 108 cm³/mol. The summed E-state index contributed by atoms with van der Waals surface area (Å²) in [7, 11) is 0. The van der Waals surface area contributed by atoms with Gasteiger partial charge in [0, 0.05) is 35.7 Å². The van der Waals surface area contributed by atoms with E-state index in [-0.39, 0.29) is 0 Å². The lowest BCUT2D eigenvalue weighted by Gasteiger charge is -2.27. The smallest absolute Gasteiger partial charge is 0.232 e. The summed E-state index contributed by atoms with van der Waals surface area (Å²) in [5.74, 6) is 1.73. The molecular weight excluding hydrogens is 320 g/mol. The minimum Gasteiger partial charge on any atom is -0.323 e. The summed E-state index contributed by atoms with van der Waals surface area (Å²) in [5, 5.41) is 0. The van der Waals surface area contributed by atoms with E-state index in [0.717, 1.165) is 36.1 Å². The van der Waals surface area contributed by atoms with Crippen molar-refractivity contribution in [3.05, 3.63) is 71.9 Å². The molecule has 0 radical (unpaired) electrons. The van der Waals surface area contributed by atoms with E-state index < -0.39 is 0 Å². The van der Waals surface area contributed by atoms with Crippen LogP contribution in [-0.2, 0) is 6.42 Å². The van der Waals surface area contributed by atoms with Gasteiger partial charge in [-0.1, -0.05) is 36.4 Å². The normalized spacial score (nSPS) is 15.8. The van der Waals surface area contributed by atoms with Gasteiger partial charge in [0.2, 0.25) is 5.95 Å². The van der Waals surface area contributed by atoms with E-state index in [1.165, 1.54) is 11.3 Å². The van der Waals surface area contributed by atoms with Gasteiger partial charge in [-0.3, -0.25) is 0 Å². The van der Waals surface area contributed by atoms with E-state index in [9.17, 15) is 0 Å². The Labute approximate surface area is 155 Å². The monoisotopic (exact) mass is 344 g/mol. The lowest BCUT2D eigenvalue weighted by molar-refractivity contribution is 0.747. The highest BCUT2D eigenvalue weighted by atomic mass is 15.3. The molecule has 0 fully saturated rings. The first-order chi connectivity index (χ1) is 12.7. The van der Waals surface area contributed by atoms with Crippen molar-refractivity contribution in [2.24, 2.45) is 0 Å². The molecule has 0 spiro atoms. The maximum absolute atomic E-state index is 4.95. The highest BCUT2D eigenvalue weighted by Crippen LogP contribution is 2.38. The Morgan fingerprint density at radius 1 is 1.04 bits per heavy atom. The minimum absolute atomic E-state index is 0.390. The van der Waals surface area contributed by atoms with E-state index >= 15 is 0 Å². The number of anilines is 4. The number of aromatic nitrogens is 2. The van der Waals surface area contributed by atoms with E-state index in [2.05, 4.69) is 66.1 Å². The maximum Gasteiger partial charge on any atom is 0.232 e. The number of benzene rings is 2. The molecular formula is C22H24N4. The van der Waals surface area contributed by atoms with Crippen LogP contribution in [0.2, 0.25) is 0 Å². The predicted octanol–water partition coefficient (Wildman–Crippen LogP) is 5.03. The molecule has 0 bridgehead atoms. The summed E-state index contributed by atoms with van der Waals surface area (Å²) in [6, 6.07) is 21.4. The third-order valence-corrected chi connectivity index (χ3v) is 4.91. The minimum atomic E-state index is 0.390. The van der Waals surface area contributed by atoms with Gasteiger partial charge in [-0.25, -0.2) is 4.98 Å². The molecule has 3 aromatic rings. The van der Waals surface area contributed by atoms with Crippen LogP contribution in [-0.4, -0.2) is 22.6 Å². The first-order valence-corrected chi connectivity index (χ1v) is 9.22. The Balaban J connectivity index is 1.78. The molecule has 4 nitrogen and oxygen atoms in total. The van der Waals surface area contributed by atoms with Gasteiger partial charge in [-0.15, -0.1) is 0 Å². The van der Waals surface area contributed by atoms with Crippen LogP contribution in [0, 0.1) is 6.92 Å². The van der Waals surface area contributed by atoms with Crippen LogP contribution in [0.5, 0.6) is 0 Å². The number of nitrogens with zero attached hydrogens (tertiary/aromatic N) is 4. The topological polar surface area (TPSA) is 32.3 Å². The highest BCUT2D eigenvalue weighted by Gasteiger charge is 2.28. The van der Waals surface area contributed by atoms with Gasteiger partial charge >= 0.3 is 0 Å². The Hall–Kier alpha value is -2.88. The molecule has 1 unspecified atom stereocenters. The molecule has 4 heteroatoms. The zero-order valence-corrected chi connectivity index (χ0v) is 15.6. The van der Waals surface area contributed by atoms with Crippen LogP contribution < -0.4 is 9.80 Å². The lowest BCUT2D eigenvalue weighted by atomic mass is 10.1. The number of rotatable bonds is 4. The Kier molecular flexibility index (Phi) is 4.33. The maximum atomic E-state index is 4.95. The molecule has 1 aromatic heterocycles. The van der Waals surface area contributed by atoms with E-state index in [1.54, 1.807) is 0 Å². The fourth-order valence-corrected chi connectivity index (χ4v) is 3.74. The third-order valence-electron chi connectivity index (χ3n) is 4.91. The molecule has 2 heterocycles. The van der Waals surface area contributed by atoms with E-state index in [0.29, 0.717) is 6.04 Å². The molecule has 1 atom stereocenters. The average Bonchev–Trinajstić information content (AvgIpc) is 2.98. The SMILES string of the molecule is CCN(c1ccccc1)c1nc(C)cc(N2c3ccccc3CC2C)n1. The van der Waals surface area contributed by atoms with E-state index in [4.69, 9.17) is 9.97 Å². The summed E-state index contributed by atoms with van der Waals surface area (Å²) in [6.07, 6.45) is 1.05. The fraction of sp³-hybridized carbons (Fsp3) is 0.273. The summed E-state index contributed by atoms with van der Waals surface area (Å²) < 4.78 is 0. The molecule has 4 rings (SSSR count). The molecule has 1 aliphatic rings. The number of aryl methyl sites for hydroxylation is 1. The molecule has 0 saturated carbocycles. The van der Waals surface area contributed by atoms with Crippen LogP contribution in [0.25, 0.3) is 0 Å². The molecule has 0 saturated heterocycles. The summed E-state index contributed by atoms with van der Waals surface area (Å²) in [6.45, 7) is 7.25. The quantitative estimate of drug-likeness (QED) is 0.665. The Morgan fingerprint density at radius 3 is 2.54 bits per heavy atom. The zero-order valence-electron chi connectivity index (χ0n) is 15.6. The standard InChI is InChI=1S/C22H24N4/c1-4-25(19-11-6-5-7-12-19)22-23-16(2)14-21(24-22)26-17(3)15-18-10-8-9-13-20(18)26/h5-14,17H,4,15H2,1-3H3. The summed E-state index contributed by atoms with van der Waals surface area (Å²) in [5.41, 5.74) is 4.73. The van der Waals surface area contributed by atoms with Gasteiger partial charge in [-0.2, -0.15) is 4.98 Å². The van der Waals surface area contributed by atoms with Crippen molar-refractivity contribution in [2.75, 3.05) is 16.3 Å². The van der Waals surface area contributed by atoms with Crippen LogP contribution in [0.15, 0.2) is 60.7 Å². The highest BCUT2D eigenvalue weighted by molar-refractivity contribution is 5.70. The van der Waals surface area contributed by atoms with Gasteiger partial charge in [0.1, 0.15) is 5.82 Å². The largest absolute Gasteiger partial charge is 0.323 e. The first kappa shape index (κ1) is 16.6. The Morgan fingerprint density at radius 2 is 1.77 bits per heavy atom. The van der Waals surface area contributed by atoms with Crippen molar-refractivity contribution < 1.29 is 0 Å². The number of fused-ring (bicyclic) bond motifs is 1. The molecule has 26 heavy (non-hydrogen) atoms. The zero-order chi connectivity index (χ0) is 18.1. The second-order valence-electron chi connectivity index (χ2n) is 6.80. The van der Waals surface area contributed by atoms with Crippen molar-refractivity contribution in [1.29, 1.82) is 0 Å². The Bertz CT molecular complexity index is 907. The molecule has 1 aliphatic heterocycles. The number of hydrogen-bond acceptors (Lipinski definition) is 4. The van der Waals surface area contributed by atoms with Crippen LogP contribution in [0.1, 0.15) is 25.1 Å². The molecule has 0 amide bonds. The first-order valence-electron chi connectivity index (χ1n) is 9.22. The van der Waals surface area contributed by atoms with Crippen molar-refractivity contribution in [1.82, 2.24) is 9.97 Å². The summed E-state index contributed by atoms with van der Waals surface area (Å²) in [4.78, 5) is 14.2. The molecule has 0 aliphatic carbocycles. The molecule has 0 N–H and O–H groups in total. The second-order valence-corrected chi connectivity index (χ2v) is 6.80. The van der Waals surface area contributed by atoms with Gasteiger partial charge in [0.25, 0.3) is 0 Å². The molecule has 132 valence electrons. The lowest BCUT2D eigenvalue weighted by Crippen LogP contribution is -2.26. The van der Waals surface area contributed by atoms with Crippen LogP contribution in [0.4, 0.5) is 23.1 Å². The van der Waals surface area contributed by atoms with Gasteiger partial charge in [0.15, 0.2) is 0 Å². The number of hydrogen-bond donors (Lipinski definition) is 0. The van der Waals surface area contributed by atoms with Crippen molar-refractivity contribution in [3.63, 3.8) is 0 Å². The van der Waals surface area contributed by atoms with Crippen molar-refractivity contribution >= 4 is 23.1 Å². The second kappa shape index (κ2) is 6.79. The van der Waals surface area contributed by atoms with E-state index in [1.807, 2.05) is 25.1 Å². The average molecular weight is 344 g/mol. The van der Waals surface area contributed by atoms with Crippen LogP contribution in [0.3, 0.4) is 0 Å². The molecule has 2 aromatic carbocycles. The van der Waals surface area contributed by atoms with Gasteiger partial charge in [-0.05, 0) is 51.0 Å². The third kappa shape index (κ3) is 2.92. The number of para-hydroxylation sites is 2. The van der Waals surface area contributed by atoms with Gasteiger partial charge in [0.05, 0.1) is 0 Å². The van der Waals surface area contributed by atoms with Crippen LogP contribution >= 0.6 is 0 Å². The fourth-order valence-electron chi connectivity index (χ4n) is 3.74. The summed E-state index contributed by atoms with van der Waals surface area (Å²) >= 11 is 0. The van der Waals surface area contributed by atoms with Crippen molar-refractivity contribution in [2.45, 2.75) is 33.2 Å². The van der Waals surface area contributed by atoms with Crippen molar-refractivity contribution in [3.8, 4) is 0 Å².